The Bertz CT molecular complexity index is 260. The number of thioether (sulfide) groups is 2. The number of hydrogen-bond acceptors (Lipinski definition) is 2. The van der Waals surface area contributed by atoms with Gasteiger partial charge in [0.05, 0.1) is 4.58 Å². The highest BCUT2D eigenvalue weighted by atomic mass is 32.2. The van der Waals surface area contributed by atoms with Gasteiger partial charge in [0.2, 0.25) is 0 Å². The van der Waals surface area contributed by atoms with E-state index in [1.54, 1.807) is 11.1 Å². The van der Waals surface area contributed by atoms with Crippen molar-refractivity contribution in [3.05, 3.63) is 11.1 Å². The molecule has 1 heterocycles. The van der Waals surface area contributed by atoms with Crippen LogP contribution in [0.25, 0.3) is 0 Å². The zero-order valence-electron chi connectivity index (χ0n) is 10.1. The highest BCUT2D eigenvalue weighted by Gasteiger charge is 2.34. The van der Waals surface area contributed by atoms with Crippen molar-refractivity contribution in [1.29, 1.82) is 0 Å². The molecule has 0 amide bonds. The molecule has 0 unspecified atom stereocenters. The van der Waals surface area contributed by atoms with Gasteiger partial charge in [0.1, 0.15) is 0 Å². The Labute approximate surface area is 103 Å². The third-order valence-electron chi connectivity index (χ3n) is 3.61. The predicted octanol–water partition coefficient (Wildman–Crippen LogP) is 4.71. The lowest BCUT2D eigenvalue weighted by atomic mass is 9.73. The van der Waals surface area contributed by atoms with Crippen LogP contribution in [0.1, 0.15) is 46.5 Å². The first kappa shape index (κ1) is 11.9. The Morgan fingerprint density at radius 2 is 1.80 bits per heavy atom. The van der Waals surface area contributed by atoms with Gasteiger partial charge in [-0.05, 0) is 55.1 Å². The molecule has 0 N–H and O–H groups in total. The fourth-order valence-corrected chi connectivity index (χ4v) is 6.39. The summed E-state index contributed by atoms with van der Waals surface area (Å²) in [4.78, 5) is 0. The quantitative estimate of drug-likeness (QED) is 0.611. The molecule has 0 atom stereocenters. The molecular weight excluding hydrogens is 220 g/mol. The normalized spacial score (nSPS) is 28.2. The van der Waals surface area contributed by atoms with Crippen LogP contribution in [-0.4, -0.2) is 16.1 Å². The Hall–Kier alpha value is 0.440. The molecule has 0 spiro atoms. The van der Waals surface area contributed by atoms with E-state index in [4.69, 9.17) is 0 Å². The SMILES string of the molecule is CC1=C(C2SCCCS2)C(C)(C)CCC1. The van der Waals surface area contributed by atoms with Crippen molar-refractivity contribution in [1.82, 2.24) is 0 Å². The first-order chi connectivity index (χ1) is 7.11. The summed E-state index contributed by atoms with van der Waals surface area (Å²) in [6.45, 7) is 7.26. The van der Waals surface area contributed by atoms with Gasteiger partial charge in [-0.25, -0.2) is 0 Å². The minimum Gasteiger partial charge on any atom is -0.143 e. The van der Waals surface area contributed by atoms with Crippen LogP contribution in [0, 0.1) is 5.41 Å². The van der Waals surface area contributed by atoms with Gasteiger partial charge in [0.25, 0.3) is 0 Å². The maximum atomic E-state index is 2.45. The predicted molar refractivity (Wildman–Crippen MR) is 73.7 cm³/mol. The van der Waals surface area contributed by atoms with Crippen LogP contribution < -0.4 is 0 Å². The summed E-state index contributed by atoms with van der Waals surface area (Å²) >= 11 is 4.36. The zero-order chi connectivity index (χ0) is 10.9. The second-order valence-electron chi connectivity index (χ2n) is 5.36. The smallest absolute Gasteiger partial charge is 0.0719 e. The molecule has 86 valence electrons. The largest absolute Gasteiger partial charge is 0.143 e. The molecule has 0 bridgehead atoms. The second-order valence-corrected chi connectivity index (χ2v) is 8.08. The third kappa shape index (κ3) is 2.58. The zero-order valence-corrected chi connectivity index (χ0v) is 11.8. The van der Waals surface area contributed by atoms with Crippen molar-refractivity contribution in [2.45, 2.75) is 51.0 Å². The molecule has 0 aromatic rings. The van der Waals surface area contributed by atoms with Gasteiger partial charge >= 0.3 is 0 Å². The number of hydrogen-bond donors (Lipinski definition) is 0. The Balaban J connectivity index is 2.22. The summed E-state index contributed by atoms with van der Waals surface area (Å²) < 4.78 is 0.772. The van der Waals surface area contributed by atoms with Gasteiger partial charge in [-0.1, -0.05) is 19.4 Å². The fraction of sp³-hybridized carbons (Fsp3) is 0.846. The van der Waals surface area contributed by atoms with Gasteiger partial charge in [-0.2, -0.15) is 0 Å². The van der Waals surface area contributed by atoms with Crippen molar-refractivity contribution in [2.24, 2.45) is 5.41 Å². The lowest BCUT2D eigenvalue weighted by Gasteiger charge is -2.39. The highest BCUT2D eigenvalue weighted by molar-refractivity contribution is 8.17. The van der Waals surface area contributed by atoms with Crippen molar-refractivity contribution < 1.29 is 0 Å². The van der Waals surface area contributed by atoms with E-state index < -0.39 is 0 Å². The minimum absolute atomic E-state index is 0.463. The first-order valence-corrected chi connectivity index (χ1v) is 8.14. The first-order valence-electron chi connectivity index (χ1n) is 6.04. The van der Waals surface area contributed by atoms with E-state index in [1.807, 2.05) is 0 Å². The molecule has 1 saturated heterocycles. The van der Waals surface area contributed by atoms with Gasteiger partial charge in [0.15, 0.2) is 0 Å². The Morgan fingerprint density at radius 1 is 1.13 bits per heavy atom. The van der Waals surface area contributed by atoms with Crippen molar-refractivity contribution in [3.8, 4) is 0 Å². The van der Waals surface area contributed by atoms with Gasteiger partial charge < -0.3 is 0 Å². The maximum Gasteiger partial charge on any atom is 0.0719 e. The van der Waals surface area contributed by atoms with Crippen LogP contribution in [0.2, 0.25) is 0 Å². The summed E-state index contributed by atoms with van der Waals surface area (Å²) in [5.74, 6) is 2.73. The molecule has 0 aromatic carbocycles. The topological polar surface area (TPSA) is 0 Å². The molecule has 2 heteroatoms. The molecule has 1 aliphatic carbocycles. The van der Waals surface area contributed by atoms with E-state index in [2.05, 4.69) is 44.3 Å². The van der Waals surface area contributed by atoms with E-state index in [-0.39, 0.29) is 0 Å². The van der Waals surface area contributed by atoms with Crippen LogP contribution >= 0.6 is 23.5 Å². The van der Waals surface area contributed by atoms with Gasteiger partial charge in [-0.15, -0.1) is 23.5 Å². The number of rotatable bonds is 1. The lowest BCUT2D eigenvalue weighted by molar-refractivity contribution is 0.366. The van der Waals surface area contributed by atoms with Crippen LogP contribution in [0.5, 0.6) is 0 Å². The monoisotopic (exact) mass is 242 g/mol. The van der Waals surface area contributed by atoms with Gasteiger partial charge in [-0.3, -0.25) is 0 Å². The molecule has 0 radical (unpaired) electrons. The molecule has 1 aliphatic heterocycles. The summed E-state index contributed by atoms with van der Waals surface area (Å²) in [6.07, 6.45) is 5.52. The highest BCUT2D eigenvalue weighted by Crippen LogP contribution is 2.49. The molecule has 0 aromatic heterocycles. The maximum absolute atomic E-state index is 2.45. The molecule has 1 fully saturated rings. The lowest BCUT2D eigenvalue weighted by Crippen LogP contribution is -2.27. The Morgan fingerprint density at radius 3 is 2.40 bits per heavy atom. The standard InChI is InChI=1S/C13H22S2/c1-10-6-4-7-13(2,3)11(10)12-14-8-5-9-15-12/h12H,4-9H2,1-3H3. The molecule has 2 rings (SSSR count). The fourth-order valence-electron chi connectivity index (χ4n) is 2.82. The van der Waals surface area contributed by atoms with Crippen LogP contribution in [0.3, 0.4) is 0 Å². The minimum atomic E-state index is 0.463. The average molecular weight is 242 g/mol. The van der Waals surface area contributed by atoms with Gasteiger partial charge in [0, 0.05) is 0 Å². The summed E-state index contributed by atoms with van der Waals surface area (Å²) in [5.41, 5.74) is 3.94. The molecule has 0 nitrogen and oxygen atoms in total. The van der Waals surface area contributed by atoms with E-state index in [0.29, 0.717) is 5.41 Å². The summed E-state index contributed by atoms with van der Waals surface area (Å²) in [7, 11) is 0. The van der Waals surface area contributed by atoms with Crippen molar-refractivity contribution >= 4 is 23.5 Å². The van der Waals surface area contributed by atoms with Crippen LogP contribution in [0.15, 0.2) is 11.1 Å². The van der Waals surface area contributed by atoms with E-state index in [0.717, 1.165) is 4.58 Å². The summed E-state index contributed by atoms with van der Waals surface area (Å²) in [5, 5.41) is 0. The molecular formula is C13H22S2. The second kappa shape index (κ2) is 4.75. The van der Waals surface area contributed by atoms with Crippen molar-refractivity contribution in [3.63, 3.8) is 0 Å². The average Bonchev–Trinajstić information content (AvgIpc) is 2.17. The van der Waals surface area contributed by atoms with Crippen LogP contribution in [-0.2, 0) is 0 Å². The molecule has 2 aliphatic rings. The van der Waals surface area contributed by atoms with E-state index in [9.17, 15) is 0 Å². The molecule has 15 heavy (non-hydrogen) atoms. The molecule has 0 saturated carbocycles. The number of allylic oxidation sites excluding steroid dienone is 1. The van der Waals surface area contributed by atoms with E-state index in [1.165, 1.54) is 37.2 Å². The third-order valence-corrected chi connectivity index (χ3v) is 6.55. The Kier molecular flexibility index (Phi) is 3.77. The van der Waals surface area contributed by atoms with Crippen molar-refractivity contribution in [2.75, 3.05) is 11.5 Å². The van der Waals surface area contributed by atoms with E-state index >= 15 is 0 Å². The van der Waals surface area contributed by atoms with Crippen LogP contribution in [0.4, 0.5) is 0 Å². The summed E-state index contributed by atoms with van der Waals surface area (Å²) in [6, 6.07) is 0.